The first-order chi connectivity index (χ1) is 16.8. The SMILES string of the molecule is CC(=O)N1CCN(c2ccc3c(O)c(C(=O)NCc4ccc(C#N)cc4Cl)ncc3n2)C[C@@H]1CO. The van der Waals surface area contributed by atoms with Gasteiger partial charge in [0.2, 0.25) is 5.91 Å². The zero-order valence-corrected chi connectivity index (χ0v) is 19.7. The molecule has 0 saturated carbocycles. The van der Waals surface area contributed by atoms with Crippen LogP contribution in [0.2, 0.25) is 5.02 Å². The van der Waals surface area contributed by atoms with Crippen LogP contribution in [-0.4, -0.2) is 69.2 Å². The third-order valence-corrected chi connectivity index (χ3v) is 6.32. The minimum Gasteiger partial charge on any atom is -0.505 e. The van der Waals surface area contributed by atoms with Gasteiger partial charge in [-0.1, -0.05) is 17.7 Å². The topological polar surface area (TPSA) is 143 Å². The van der Waals surface area contributed by atoms with Gasteiger partial charge in [-0.05, 0) is 29.8 Å². The Balaban J connectivity index is 1.51. The van der Waals surface area contributed by atoms with E-state index in [-0.39, 0.29) is 36.5 Å². The summed E-state index contributed by atoms with van der Waals surface area (Å²) in [6, 6.07) is 9.81. The number of aromatic hydroxyl groups is 1. The minimum atomic E-state index is -0.583. The van der Waals surface area contributed by atoms with E-state index in [1.54, 1.807) is 29.2 Å². The van der Waals surface area contributed by atoms with Crippen LogP contribution >= 0.6 is 11.6 Å². The van der Waals surface area contributed by atoms with E-state index in [0.29, 0.717) is 52.5 Å². The molecular weight excluding hydrogens is 472 g/mol. The predicted octanol–water partition coefficient (Wildman–Crippen LogP) is 1.82. The number of benzene rings is 1. The van der Waals surface area contributed by atoms with E-state index in [4.69, 9.17) is 16.9 Å². The van der Waals surface area contributed by atoms with Crippen molar-refractivity contribution in [2.45, 2.75) is 19.5 Å². The van der Waals surface area contributed by atoms with Crippen LogP contribution in [0.5, 0.6) is 5.75 Å². The number of nitrogens with one attached hydrogen (secondary N) is 1. The Morgan fingerprint density at radius 2 is 2.09 bits per heavy atom. The second-order valence-electron chi connectivity index (χ2n) is 8.15. The van der Waals surface area contributed by atoms with Gasteiger partial charge in [0.15, 0.2) is 11.4 Å². The van der Waals surface area contributed by atoms with Gasteiger partial charge in [0, 0.05) is 43.5 Å². The first kappa shape index (κ1) is 24.2. The maximum Gasteiger partial charge on any atom is 0.274 e. The number of anilines is 1. The number of carbonyl (C=O) groups excluding carboxylic acids is 2. The van der Waals surface area contributed by atoms with Crippen LogP contribution < -0.4 is 10.2 Å². The Morgan fingerprint density at radius 1 is 1.29 bits per heavy atom. The minimum absolute atomic E-state index is 0.0865. The van der Waals surface area contributed by atoms with E-state index in [0.717, 1.165) is 0 Å². The fourth-order valence-corrected chi connectivity index (χ4v) is 4.32. The van der Waals surface area contributed by atoms with Crippen LogP contribution in [-0.2, 0) is 11.3 Å². The second kappa shape index (κ2) is 10.1. The molecule has 1 fully saturated rings. The summed E-state index contributed by atoms with van der Waals surface area (Å²) < 4.78 is 0. The van der Waals surface area contributed by atoms with E-state index in [1.165, 1.54) is 19.2 Å². The van der Waals surface area contributed by atoms with Crippen molar-refractivity contribution in [1.82, 2.24) is 20.2 Å². The first-order valence-corrected chi connectivity index (χ1v) is 11.3. The molecule has 1 atom stereocenters. The van der Waals surface area contributed by atoms with Crippen molar-refractivity contribution in [2.24, 2.45) is 0 Å². The summed E-state index contributed by atoms with van der Waals surface area (Å²) in [5.74, 6) is -0.343. The molecule has 1 aliphatic heterocycles. The molecule has 1 aliphatic rings. The van der Waals surface area contributed by atoms with E-state index in [2.05, 4.69) is 15.3 Å². The number of nitriles is 1. The Bertz CT molecular complexity index is 1340. The molecule has 0 unspecified atom stereocenters. The number of rotatable bonds is 5. The molecule has 0 radical (unpaired) electrons. The maximum absolute atomic E-state index is 12.7. The number of hydrogen-bond donors (Lipinski definition) is 3. The second-order valence-corrected chi connectivity index (χ2v) is 8.56. The third kappa shape index (κ3) is 4.96. The Hall–Kier alpha value is -3.94. The lowest BCUT2D eigenvalue weighted by Gasteiger charge is -2.40. The molecule has 2 aromatic heterocycles. The molecule has 11 heteroatoms. The molecule has 3 N–H and O–H groups in total. The number of carbonyl (C=O) groups is 2. The van der Waals surface area contributed by atoms with E-state index in [9.17, 15) is 19.8 Å². The van der Waals surface area contributed by atoms with E-state index in [1.807, 2.05) is 11.0 Å². The van der Waals surface area contributed by atoms with Gasteiger partial charge in [-0.25, -0.2) is 9.97 Å². The van der Waals surface area contributed by atoms with Gasteiger partial charge >= 0.3 is 0 Å². The average Bonchev–Trinajstić information content (AvgIpc) is 2.87. The molecule has 180 valence electrons. The molecule has 4 rings (SSSR count). The highest BCUT2D eigenvalue weighted by Gasteiger charge is 2.29. The molecule has 3 aromatic rings. The molecule has 0 bridgehead atoms. The van der Waals surface area contributed by atoms with Gasteiger partial charge in [-0.2, -0.15) is 5.26 Å². The number of amides is 2. The van der Waals surface area contributed by atoms with Gasteiger partial charge in [0.1, 0.15) is 5.82 Å². The third-order valence-electron chi connectivity index (χ3n) is 5.96. The standard InChI is InChI=1S/C24H23ClN6O4/c1-14(33)31-7-6-30(12-17(31)13-32)21-5-4-18-20(29-21)11-27-22(23(18)34)24(35)28-10-16-3-2-15(9-26)8-19(16)25/h2-5,8,11,17,32,34H,6-7,10,12-13H2,1H3,(H,28,35)/t17-/m1/s1. The first-order valence-electron chi connectivity index (χ1n) is 10.9. The van der Waals surface area contributed by atoms with Gasteiger partial charge < -0.3 is 25.3 Å². The number of hydrogen-bond acceptors (Lipinski definition) is 8. The van der Waals surface area contributed by atoms with Crippen LogP contribution in [0.15, 0.2) is 36.5 Å². The van der Waals surface area contributed by atoms with Gasteiger partial charge in [0.05, 0.1) is 36.0 Å². The number of pyridine rings is 2. The average molecular weight is 495 g/mol. The normalized spacial score (nSPS) is 15.7. The van der Waals surface area contributed by atoms with Crippen LogP contribution in [0.3, 0.4) is 0 Å². The summed E-state index contributed by atoms with van der Waals surface area (Å²) in [6.07, 6.45) is 1.41. The number of fused-ring (bicyclic) bond motifs is 1. The van der Waals surface area contributed by atoms with Gasteiger partial charge in [-0.15, -0.1) is 0 Å². The van der Waals surface area contributed by atoms with E-state index >= 15 is 0 Å². The summed E-state index contributed by atoms with van der Waals surface area (Å²) in [7, 11) is 0. The summed E-state index contributed by atoms with van der Waals surface area (Å²) in [4.78, 5) is 36.7. The summed E-state index contributed by atoms with van der Waals surface area (Å²) in [5.41, 5.74) is 1.29. The number of aliphatic hydroxyl groups excluding tert-OH is 1. The highest BCUT2D eigenvalue weighted by atomic mass is 35.5. The number of halogens is 1. The number of nitrogens with zero attached hydrogens (tertiary/aromatic N) is 5. The number of aromatic nitrogens is 2. The Labute approximate surface area is 206 Å². The monoisotopic (exact) mass is 494 g/mol. The van der Waals surface area contributed by atoms with Crippen molar-refractivity contribution in [2.75, 3.05) is 31.1 Å². The molecule has 2 amide bonds. The van der Waals surface area contributed by atoms with Crippen molar-refractivity contribution >= 4 is 40.1 Å². The zero-order valence-electron chi connectivity index (χ0n) is 18.9. The van der Waals surface area contributed by atoms with Crippen molar-refractivity contribution in [1.29, 1.82) is 5.26 Å². The van der Waals surface area contributed by atoms with Crippen molar-refractivity contribution in [3.63, 3.8) is 0 Å². The highest BCUT2D eigenvalue weighted by Crippen LogP contribution is 2.29. The van der Waals surface area contributed by atoms with Crippen molar-refractivity contribution in [3.05, 3.63) is 58.4 Å². The largest absolute Gasteiger partial charge is 0.505 e. The smallest absolute Gasteiger partial charge is 0.274 e. The molecule has 0 spiro atoms. The lowest BCUT2D eigenvalue weighted by atomic mass is 10.1. The fourth-order valence-electron chi connectivity index (χ4n) is 4.07. The number of piperazine rings is 1. The summed E-state index contributed by atoms with van der Waals surface area (Å²) >= 11 is 6.15. The Morgan fingerprint density at radius 3 is 2.77 bits per heavy atom. The van der Waals surface area contributed by atoms with Gasteiger partial charge in [0.25, 0.3) is 5.91 Å². The quantitative estimate of drug-likeness (QED) is 0.487. The predicted molar refractivity (Wildman–Crippen MR) is 129 cm³/mol. The van der Waals surface area contributed by atoms with Crippen LogP contribution in [0.4, 0.5) is 5.82 Å². The Kier molecular flexibility index (Phi) is 7.00. The van der Waals surface area contributed by atoms with Crippen molar-refractivity contribution < 1.29 is 19.8 Å². The van der Waals surface area contributed by atoms with Crippen LogP contribution in [0, 0.1) is 11.3 Å². The molecule has 10 nitrogen and oxygen atoms in total. The lowest BCUT2D eigenvalue weighted by molar-refractivity contribution is -0.132. The highest BCUT2D eigenvalue weighted by molar-refractivity contribution is 6.31. The van der Waals surface area contributed by atoms with Crippen molar-refractivity contribution in [3.8, 4) is 11.8 Å². The molecular formula is C24H23ClN6O4. The summed E-state index contributed by atoms with van der Waals surface area (Å²) in [5, 5.41) is 32.7. The lowest BCUT2D eigenvalue weighted by Crippen LogP contribution is -2.56. The summed E-state index contributed by atoms with van der Waals surface area (Å²) in [6.45, 7) is 2.86. The molecule has 0 aliphatic carbocycles. The van der Waals surface area contributed by atoms with Crippen LogP contribution in [0.1, 0.15) is 28.5 Å². The van der Waals surface area contributed by atoms with Gasteiger partial charge in [-0.3, -0.25) is 9.59 Å². The zero-order chi connectivity index (χ0) is 25.1. The number of aliphatic hydroxyl groups is 1. The maximum atomic E-state index is 12.7. The van der Waals surface area contributed by atoms with E-state index < -0.39 is 5.91 Å². The molecule has 1 aromatic carbocycles. The molecule has 1 saturated heterocycles. The van der Waals surface area contributed by atoms with Crippen LogP contribution in [0.25, 0.3) is 10.9 Å². The fraction of sp³-hybridized carbons (Fsp3) is 0.292. The molecule has 3 heterocycles. The molecule has 35 heavy (non-hydrogen) atoms.